The molecule has 0 aromatic heterocycles. The molecular weight excluding hydrogens is 292 g/mol. The van der Waals surface area contributed by atoms with Gasteiger partial charge in [-0.3, -0.25) is 14.7 Å². The number of anilines is 1. The highest BCUT2D eigenvalue weighted by atomic mass is 32.2. The molecule has 3 N–H and O–H groups in total. The molecule has 0 unspecified atom stereocenters. The first-order chi connectivity index (χ1) is 9.94. The summed E-state index contributed by atoms with van der Waals surface area (Å²) in [6, 6.07) is 12.3. The van der Waals surface area contributed by atoms with Gasteiger partial charge in [-0.15, -0.1) is 0 Å². The van der Waals surface area contributed by atoms with Crippen molar-refractivity contribution < 1.29 is 18.4 Å². The first kappa shape index (κ1) is 15.0. The van der Waals surface area contributed by atoms with Crippen molar-refractivity contribution >= 4 is 21.6 Å². The van der Waals surface area contributed by atoms with Gasteiger partial charge in [0.25, 0.3) is 15.9 Å². The van der Waals surface area contributed by atoms with Crippen molar-refractivity contribution in [1.29, 1.82) is 0 Å². The molecule has 110 valence electrons. The van der Waals surface area contributed by atoms with Gasteiger partial charge in [0.05, 0.1) is 16.1 Å². The molecule has 0 bridgehead atoms. The molecule has 0 fully saturated rings. The molecule has 6 nitrogen and oxygen atoms in total. The first-order valence-corrected chi connectivity index (χ1v) is 7.55. The Hall–Kier alpha value is -2.38. The van der Waals surface area contributed by atoms with Crippen LogP contribution in [-0.4, -0.2) is 19.5 Å². The third kappa shape index (κ3) is 3.39. The summed E-state index contributed by atoms with van der Waals surface area (Å²) in [5, 5.41) is 8.68. The Bertz CT molecular complexity index is 755. The largest absolute Gasteiger partial charge is 0.288 e. The molecule has 0 radical (unpaired) electrons. The second-order valence-corrected chi connectivity index (χ2v) is 6.09. The Labute approximate surface area is 122 Å². The summed E-state index contributed by atoms with van der Waals surface area (Å²) in [6.07, 6.45) is 0. The van der Waals surface area contributed by atoms with E-state index in [-0.39, 0.29) is 16.1 Å². The van der Waals surface area contributed by atoms with Crippen molar-refractivity contribution in [3.05, 3.63) is 59.7 Å². The van der Waals surface area contributed by atoms with E-state index in [9.17, 15) is 13.2 Å². The zero-order chi connectivity index (χ0) is 15.5. The minimum Gasteiger partial charge on any atom is -0.288 e. The number of amides is 1. The number of hydrogen-bond donors (Lipinski definition) is 3. The second kappa shape index (κ2) is 5.94. The van der Waals surface area contributed by atoms with Crippen molar-refractivity contribution in [3.8, 4) is 0 Å². The molecule has 7 heteroatoms. The SMILES string of the molecule is Cc1ccc(S(=O)(=O)Nc2ccccc2C(=O)NO)cc1. The van der Waals surface area contributed by atoms with Gasteiger partial charge in [-0.25, -0.2) is 13.9 Å². The standard InChI is InChI=1S/C14H14N2O4S/c1-10-6-8-11(9-7-10)21(19,20)16-13-5-3-2-4-12(13)14(17)15-18/h2-9,16,18H,1H3,(H,15,17). The van der Waals surface area contributed by atoms with Gasteiger partial charge in [0.15, 0.2) is 0 Å². The fourth-order valence-corrected chi connectivity index (χ4v) is 2.83. The molecule has 0 spiro atoms. The Morgan fingerprint density at radius 3 is 2.29 bits per heavy atom. The highest BCUT2D eigenvalue weighted by Gasteiger charge is 2.18. The molecule has 0 aliphatic rings. The molecule has 0 saturated carbocycles. The number of benzene rings is 2. The third-order valence-electron chi connectivity index (χ3n) is 2.85. The maximum absolute atomic E-state index is 12.3. The van der Waals surface area contributed by atoms with Gasteiger partial charge in [0, 0.05) is 0 Å². The van der Waals surface area contributed by atoms with Crippen LogP contribution in [0.1, 0.15) is 15.9 Å². The maximum atomic E-state index is 12.3. The lowest BCUT2D eigenvalue weighted by atomic mass is 10.2. The summed E-state index contributed by atoms with van der Waals surface area (Å²) in [5.41, 5.74) is 2.53. The normalized spacial score (nSPS) is 11.0. The lowest BCUT2D eigenvalue weighted by Gasteiger charge is -2.11. The average Bonchev–Trinajstić information content (AvgIpc) is 2.47. The monoisotopic (exact) mass is 306 g/mol. The lowest BCUT2D eigenvalue weighted by molar-refractivity contribution is 0.0707. The highest BCUT2D eigenvalue weighted by molar-refractivity contribution is 7.92. The van der Waals surface area contributed by atoms with Crippen LogP contribution in [0.15, 0.2) is 53.4 Å². The van der Waals surface area contributed by atoms with Gasteiger partial charge in [-0.1, -0.05) is 29.8 Å². The summed E-state index contributed by atoms with van der Waals surface area (Å²) in [6.45, 7) is 1.85. The molecule has 2 aromatic rings. The zero-order valence-corrected chi connectivity index (χ0v) is 12.0. The van der Waals surface area contributed by atoms with Crippen LogP contribution in [0.2, 0.25) is 0 Å². The molecule has 2 rings (SSSR count). The van der Waals surface area contributed by atoms with Crippen LogP contribution in [-0.2, 0) is 10.0 Å². The van der Waals surface area contributed by atoms with E-state index in [1.165, 1.54) is 29.7 Å². The fourth-order valence-electron chi connectivity index (χ4n) is 1.75. The number of carbonyl (C=O) groups excluding carboxylic acids is 1. The van der Waals surface area contributed by atoms with Crippen LogP contribution in [0.3, 0.4) is 0 Å². The van der Waals surface area contributed by atoms with E-state index in [0.717, 1.165) is 5.56 Å². The summed E-state index contributed by atoms with van der Waals surface area (Å²) in [5.74, 6) is -0.794. The van der Waals surface area contributed by atoms with E-state index >= 15 is 0 Å². The van der Waals surface area contributed by atoms with E-state index in [1.54, 1.807) is 24.3 Å². The van der Waals surface area contributed by atoms with Crippen molar-refractivity contribution in [2.24, 2.45) is 0 Å². The molecule has 0 atom stereocenters. The molecule has 2 aromatic carbocycles. The number of aryl methyl sites for hydroxylation is 1. The van der Waals surface area contributed by atoms with Crippen molar-refractivity contribution in [2.75, 3.05) is 4.72 Å². The van der Waals surface area contributed by atoms with E-state index in [4.69, 9.17) is 5.21 Å². The minimum atomic E-state index is -3.81. The summed E-state index contributed by atoms with van der Waals surface area (Å²) >= 11 is 0. The molecule has 21 heavy (non-hydrogen) atoms. The minimum absolute atomic E-state index is 0.0238. The van der Waals surface area contributed by atoms with Gasteiger partial charge in [0.2, 0.25) is 0 Å². The van der Waals surface area contributed by atoms with E-state index in [1.807, 2.05) is 6.92 Å². The number of para-hydroxylation sites is 1. The number of rotatable bonds is 4. The average molecular weight is 306 g/mol. The third-order valence-corrected chi connectivity index (χ3v) is 4.23. The fraction of sp³-hybridized carbons (Fsp3) is 0.0714. The molecule has 0 aliphatic carbocycles. The van der Waals surface area contributed by atoms with Crippen LogP contribution in [0.4, 0.5) is 5.69 Å². The first-order valence-electron chi connectivity index (χ1n) is 6.07. The summed E-state index contributed by atoms with van der Waals surface area (Å²) in [4.78, 5) is 11.6. The summed E-state index contributed by atoms with van der Waals surface area (Å²) in [7, 11) is -3.81. The van der Waals surface area contributed by atoms with Crippen LogP contribution in [0, 0.1) is 6.92 Å². The van der Waals surface area contributed by atoms with Gasteiger partial charge >= 0.3 is 0 Å². The van der Waals surface area contributed by atoms with E-state index in [0.29, 0.717) is 0 Å². The predicted octanol–water partition coefficient (Wildman–Crippen LogP) is 1.91. The van der Waals surface area contributed by atoms with Crippen molar-refractivity contribution in [2.45, 2.75) is 11.8 Å². The molecular formula is C14H14N2O4S. The number of sulfonamides is 1. The Balaban J connectivity index is 2.37. The molecule has 1 amide bonds. The molecule has 0 saturated heterocycles. The van der Waals surface area contributed by atoms with Crippen LogP contribution in [0.5, 0.6) is 0 Å². The van der Waals surface area contributed by atoms with Gasteiger partial charge in [-0.05, 0) is 31.2 Å². The van der Waals surface area contributed by atoms with Crippen LogP contribution < -0.4 is 10.2 Å². The Morgan fingerprint density at radius 1 is 1.05 bits per heavy atom. The number of hydroxylamine groups is 1. The predicted molar refractivity (Wildman–Crippen MR) is 77.7 cm³/mol. The number of hydrogen-bond acceptors (Lipinski definition) is 4. The van der Waals surface area contributed by atoms with E-state index in [2.05, 4.69) is 4.72 Å². The highest BCUT2D eigenvalue weighted by Crippen LogP contribution is 2.20. The lowest BCUT2D eigenvalue weighted by Crippen LogP contribution is -2.22. The van der Waals surface area contributed by atoms with Crippen molar-refractivity contribution in [3.63, 3.8) is 0 Å². The van der Waals surface area contributed by atoms with Gasteiger partial charge in [0.1, 0.15) is 0 Å². The topological polar surface area (TPSA) is 95.5 Å². The van der Waals surface area contributed by atoms with Crippen LogP contribution >= 0.6 is 0 Å². The summed E-state index contributed by atoms with van der Waals surface area (Å²) < 4.78 is 26.9. The Kier molecular flexibility index (Phi) is 4.25. The Morgan fingerprint density at radius 2 is 1.67 bits per heavy atom. The van der Waals surface area contributed by atoms with E-state index < -0.39 is 15.9 Å². The van der Waals surface area contributed by atoms with Gasteiger partial charge in [-0.2, -0.15) is 0 Å². The quantitative estimate of drug-likeness (QED) is 0.594. The molecule has 0 aliphatic heterocycles. The van der Waals surface area contributed by atoms with Gasteiger partial charge < -0.3 is 0 Å². The number of carbonyl (C=O) groups is 1. The molecule has 0 heterocycles. The van der Waals surface area contributed by atoms with Crippen LogP contribution in [0.25, 0.3) is 0 Å². The maximum Gasteiger partial charge on any atom is 0.276 e. The smallest absolute Gasteiger partial charge is 0.276 e. The van der Waals surface area contributed by atoms with Crippen molar-refractivity contribution in [1.82, 2.24) is 5.48 Å². The second-order valence-electron chi connectivity index (χ2n) is 4.41. The zero-order valence-electron chi connectivity index (χ0n) is 11.2. The number of nitrogens with one attached hydrogen (secondary N) is 2.